The third kappa shape index (κ3) is 1.72. The van der Waals surface area contributed by atoms with Crippen LogP contribution in [0.5, 0.6) is 11.5 Å². The summed E-state index contributed by atoms with van der Waals surface area (Å²) < 4.78 is 10.8. The Kier molecular flexibility index (Phi) is 2.40. The first-order chi connectivity index (χ1) is 8.25. The zero-order valence-electron chi connectivity index (χ0n) is 9.53. The number of fused-ring (bicyclic) bond motifs is 1. The summed E-state index contributed by atoms with van der Waals surface area (Å²) in [6.07, 6.45) is 0. The van der Waals surface area contributed by atoms with Crippen molar-refractivity contribution in [2.75, 3.05) is 13.3 Å². The summed E-state index contributed by atoms with van der Waals surface area (Å²) in [4.78, 5) is 11.4. The molecule has 0 aliphatic carbocycles. The maximum atomic E-state index is 11.4. The molecule has 0 radical (unpaired) electrons. The number of carbonyl (C=O) groups excluding carboxylic acids is 1. The Labute approximate surface area is 99.1 Å². The predicted molar refractivity (Wildman–Crippen MR) is 60.9 cm³/mol. The van der Waals surface area contributed by atoms with Crippen molar-refractivity contribution in [3.8, 4) is 11.5 Å². The molecular formula is C12H14N2O3. The first-order valence-electron chi connectivity index (χ1n) is 5.68. The lowest BCUT2D eigenvalue weighted by atomic mass is 10.0. The third-order valence-electron chi connectivity index (χ3n) is 3.13. The quantitative estimate of drug-likeness (QED) is 0.745. The molecule has 5 heteroatoms. The van der Waals surface area contributed by atoms with Crippen LogP contribution in [0.2, 0.25) is 0 Å². The smallest absolute Gasteiger partial charge is 0.236 e. The Balaban J connectivity index is 1.90. The molecule has 2 aliphatic heterocycles. The second kappa shape index (κ2) is 3.92. The Morgan fingerprint density at radius 1 is 1.35 bits per heavy atom. The van der Waals surface area contributed by atoms with Crippen molar-refractivity contribution in [2.24, 2.45) is 0 Å². The molecule has 0 bridgehead atoms. The molecule has 2 atom stereocenters. The van der Waals surface area contributed by atoms with Gasteiger partial charge in [-0.15, -0.1) is 0 Å². The van der Waals surface area contributed by atoms with Crippen molar-refractivity contribution in [3.63, 3.8) is 0 Å². The topological polar surface area (TPSA) is 59.6 Å². The molecule has 1 aromatic carbocycles. The van der Waals surface area contributed by atoms with Crippen LogP contribution in [0, 0.1) is 0 Å². The number of para-hydroxylation sites is 1. The van der Waals surface area contributed by atoms with Gasteiger partial charge in [-0.05, 0) is 13.0 Å². The fourth-order valence-electron chi connectivity index (χ4n) is 2.22. The number of rotatable bonds is 1. The fourth-order valence-corrected chi connectivity index (χ4v) is 2.22. The van der Waals surface area contributed by atoms with E-state index in [0.29, 0.717) is 6.54 Å². The van der Waals surface area contributed by atoms with Crippen molar-refractivity contribution in [3.05, 3.63) is 23.8 Å². The minimum absolute atomic E-state index is 0.0333. The molecule has 2 N–H and O–H groups in total. The number of hydrogen-bond donors (Lipinski definition) is 2. The zero-order chi connectivity index (χ0) is 11.8. The molecule has 1 amide bonds. The Morgan fingerprint density at radius 2 is 2.24 bits per heavy atom. The second-order valence-electron chi connectivity index (χ2n) is 4.27. The number of amides is 1. The Hall–Kier alpha value is -1.75. The molecule has 3 rings (SSSR count). The van der Waals surface area contributed by atoms with Gasteiger partial charge in [0, 0.05) is 12.1 Å². The third-order valence-corrected chi connectivity index (χ3v) is 3.13. The minimum Gasteiger partial charge on any atom is -0.454 e. The Bertz CT molecular complexity index is 461. The minimum atomic E-state index is -0.188. The summed E-state index contributed by atoms with van der Waals surface area (Å²) in [6, 6.07) is 5.70. The van der Waals surface area contributed by atoms with E-state index in [1.54, 1.807) is 0 Å². The predicted octanol–water partition coefficient (Wildman–Crippen LogP) is 0.564. The van der Waals surface area contributed by atoms with Crippen LogP contribution in [-0.4, -0.2) is 25.3 Å². The van der Waals surface area contributed by atoms with E-state index >= 15 is 0 Å². The number of carbonyl (C=O) groups is 1. The maximum Gasteiger partial charge on any atom is 0.236 e. The van der Waals surface area contributed by atoms with Crippen LogP contribution in [0.3, 0.4) is 0 Å². The molecule has 0 saturated carbocycles. The van der Waals surface area contributed by atoms with Gasteiger partial charge in [0.25, 0.3) is 0 Å². The van der Waals surface area contributed by atoms with E-state index in [9.17, 15) is 4.79 Å². The van der Waals surface area contributed by atoms with Crippen LogP contribution in [0.1, 0.15) is 18.5 Å². The highest BCUT2D eigenvalue weighted by atomic mass is 16.7. The van der Waals surface area contributed by atoms with Crippen LogP contribution < -0.4 is 20.1 Å². The van der Waals surface area contributed by atoms with Crippen LogP contribution in [0.15, 0.2) is 18.2 Å². The van der Waals surface area contributed by atoms with E-state index in [2.05, 4.69) is 10.6 Å². The van der Waals surface area contributed by atoms with E-state index in [-0.39, 0.29) is 24.8 Å². The van der Waals surface area contributed by atoms with Crippen molar-refractivity contribution in [2.45, 2.75) is 19.0 Å². The van der Waals surface area contributed by atoms with Gasteiger partial charge in [0.1, 0.15) is 0 Å². The van der Waals surface area contributed by atoms with Gasteiger partial charge in [0.05, 0.1) is 12.1 Å². The van der Waals surface area contributed by atoms with E-state index in [1.807, 2.05) is 25.1 Å². The summed E-state index contributed by atoms with van der Waals surface area (Å²) >= 11 is 0. The molecule has 1 fully saturated rings. The zero-order valence-corrected chi connectivity index (χ0v) is 9.53. The van der Waals surface area contributed by atoms with Crippen LogP contribution >= 0.6 is 0 Å². The molecule has 1 aromatic rings. The van der Waals surface area contributed by atoms with Gasteiger partial charge in [-0.2, -0.15) is 0 Å². The number of benzene rings is 1. The van der Waals surface area contributed by atoms with Gasteiger partial charge in [0.2, 0.25) is 12.7 Å². The fraction of sp³-hybridized carbons (Fsp3) is 0.417. The molecule has 0 aromatic heterocycles. The number of hydrogen-bond acceptors (Lipinski definition) is 4. The first-order valence-corrected chi connectivity index (χ1v) is 5.68. The van der Waals surface area contributed by atoms with Crippen LogP contribution in [-0.2, 0) is 4.79 Å². The molecular weight excluding hydrogens is 220 g/mol. The van der Waals surface area contributed by atoms with Gasteiger partial charge >= 0.3 is 0 Å². The molecule has 17 heavy (non-hydrogen) atoms. The number of ether oxygens (including phenoxy) is 2. The van der Waals surface area contributed by atoms with Crippen molar-refractivity contribution >= 4 is 5.91 Å². The van der Waals surface area contributed by atoms with E-state index < -0.39 is 0 Å². The van der Waals surface area contributed by atoms with E-state index in [4.69, 9.17) is 9.47 Å². The van der Waals surface area contributed by atoms with Gasteiger partial charge in [-0.25, -0.2) is 0 Å². The monoisotopic (exact) mass is 234 g/mol. The number of nitrogens with one attached hydrogen (secondary N) is 2. The highest BCUT2D eigenvalue weighted by Gasteiger charge is 2.29. The molecule has 2 aliphatic rings. The highest BCUT2D eigenvalue weighted by molar-refractivity contribution is 5.82. The Morgan fingerprint density at radius 3 is 3.06 bits per heavy atom. The summed E-state index contributed by atoms with van der Waals surface area (Å²) in [5, 5.41) is 6.14. The summed E-state index contributed by atoms with van der Waals surface area (Å²) in [6.45, 7) is 2.69. The maximum absolute atomic E-state index is 11.4. The number of piperazine rings is 1. The van der Waals surface area contributed by atoms with Gasteiger partial charge < -0.3 is 14.8 Å². The van der Waals surface area contributed by atoms with Gasteiger partial charge in [-0.1, -0.05) is 12.1 Å². The second-order valence-corrected chi connectivity index (χ2v) is 4.27. The molecule has 2 heterocycles. The van der Waals surface area contributed by atoms with Gasteiger partial charge in [0.15, 0.2) is 11.5 Å². The molecule has 90 valence electrons. The summed E-state index contributed by atoms with van der Waals surface area (Å²) in [7, 11) is 0. The average molecular weight is 234 g/mol. The highest BCUT2D eigenvalue weighted by Crippen LogP contribution is 2.38. The first kappa shape index (κ1) is 10.4. The van der Waals surface area contributed by atoms with Crippen molar-refractivity contribution in [1.82, 2.24) is 10.6 Å². The summed E-state index contributed by atoms with van der Waals surface area (Å²) in [5.74, 6) is 1.59. The van der Waals surface area contributed by atoms with Crippen LogP contribution in [0.25, 0.3) is 0 Å². The normalized spacial score (nSPS) is 26.8. The largest absolute Gasteiger partial charge is 0.454 e. The molecule has 5 nitrogen and oxygen atoms in total. The lowest BCUT2D eigenvalue weighted by Gasteiger charge is -2.29. The molecule has 0 spiro atoms. The SMILES string of the molecule is CC1NC(c2cccc3c2OCO3)CNC1=O. The van der Waals surface area contributed by atoms with Gasteiger partial charge in [-0.3, -0.25) is 10.1 Å². The van der Waals surface area contributed by atoms with Crippen molar-refractivity contribution in [1.29, 1.82) is 0 Å². The standard InChI is InChI=1S/C12H14N2O3/c1-7-12(15)13-5-9(14-7)8-3-2-4-10-11(8)17-6-16-10/h2-4,7,9,14H,5-6H2,1H3,(H,13,15). The van der Waals surface area contributed by atoms with E-state index in [0.717, 1.165) is 17.1 Å². The lowest BCUT2D eigenvalue weighted by Crippen LogP contribution is -2.52. The van der Waals surface area contributed by atoms with Crippen molar-refractivity contribution < 1.29 is 14.3 Å². The van der Waals surface area contributed by atoms with Crippen LogP contribution in [0.4, 0.5) is 0 Å². The summed E-state index contributed by atoms with van der Waals surface area (Å²) in [5.41, 5.74) is 1.03. The molecule has 1 saturated heterocycles. The molecule has 2 unspecified atom stereocenters. The lowest BCUT2D eigenvalue weighted by molar-refractivity contribution is -0.124. The average Bonchev–Trinajstić information content (AvgIpc) is 2.80. The van der Waals surface area contributed by atoms with E-state index in [1.165, 1.54) is 0 Å².